The summed E-state index contributed by atoms with van der Waals surface area (Å²) in [6.07, 6.45) is -1.22. The lowest BCUT2D eigenvalue weighted by Crippen LogP contribution is -2.27. The lowest BCUT2D eigenvalue weighted by atomic mass is 10.2. The number of ether oxygens (including phenoxy) is 1. The van der Waals surface area contributed by atoms with E-state index in [0.717, 1.165) is 0 Å². The van der Waals surface area contributed by atoms with Gasteiger partial charge in [0.2, 0.25) is 10.0 Å². The minimum Gasteiger partial charge on any atom is -0.399 e. The molecule has 0 spiro atoms. The highest BCUT2D eigenvalue weighted by molar-refractivity contribution is 7.89. The summed E-state index contributed by atoms with van der Waals surface area (Å²) >= 11 is 0. The summed E-state index contributed by atoms with van der Waals surface area (Å²) in [5, 5.41) is 0.469. The van der Waals surface area contributed by atoms with Gasteiger partial charge in [0.1, 0.15) is 11.5 Å². The number of alkyl halides is 2. The molecule has 6 nitrogen and oxygen atoms in total. The van der Waals surface area contributed by atoms with Crippen molar-refractivity contribution in [3.05, 3.63) is 24.4 Å². The predicted molar refractivity (Wildman–Crippen MR) is 74.7 cm³/mol. The second-order valence-electron chi connectivity index (χ2n) is 4.32. The molecule has 0 atom stereocenters. The SMILES string of the molecule is Nc1ccc2[nH]cc(S(=O)(=O)NCCOCC(F)F)c2c1. The lowest BCUT2D eigenvalue weighted by molar-refractivity contribution is 0.0199. The van der Waals surface area contributed by atoms with E-state index < -0.39 is 23.1 Å². The van der Waals surface area contributed by atoms with Crippen molar-refractivity contribution in [3.8, 4) is 0 Å². The predicted octanol–water partition coefficient (Wildman–Crippen LogP) is 1.31. The van der Waals surface area contributed by atoms with Crippen LogP contribution in [0, 0.1) is 0 Å². The molecule has 0 amide bonds. The van der Waals surface area contributed by atoms with E-state index >= 15 is 0 Å². The van der Waals surface area contributed by atoms with Crippen molar-refractivity contribution >= 4 is 26.6 Å². The van der Waals surface area contributed by atoms with Crippen LogP contribution in [0.4, 0.5) is 14.5 Å². The van der Waals surface area contributed by atoms with Crippen LogP contribution in [-0.4, -0.2) is 39.6 Å². The number of benzene rings is 1. The van der Waals surface area contributed by atoms with Gasteiger partial charge in [0.25, 0.3) is 6.43 Å². The Morgan fingerprint density at radius 2 is 2.14 bits per heavy atom. The minimum atomic E-state index is -3.77. The molecular formula is C12H15F2N3O3S. The molecule has 116 valence electrons. The van der Waals surface area contributed by atoms with Crippen molar-refractivity contribution < 1.29 is 21.9 Å². The zero-order chi connectivity index (χ0) is 15.5. The Morgan fingerprint density at radius 1 is 1.38 bits per heavy atom. The number of rotatable bonds is 7. The van der Waals surface area contributed by atoms with Crippen molar-refractivity contribution in [2.75, 3.05) is 25.5 Å². The lowest BCUT2D eigenvalue weighted by Gasteiger charge is -2.06. The summed E-state index contributed by atoms with van der Waals surface area (Å²) in [5.41, 5.74) is 6.72. The number of hydrogen-bond donors (Lipinski definition) is 3. The maximum Gasteiger partial charge on any atom is 0.261 e. The van der Waals surface area contributed by atoms with E-state index in [1.807, 2.05) is 0 Å². The van der Waals surface area contributed by atoms with Gasteiger partial charge in [-0.3, -0.25) is 0 Å². The van der Waals surface area contributed by atoms with Crippen LogP contribution in [0.5, 0.6) is 0 Å². The van der Waals surface area contributed by atoms with Gasteiger partial charge in [-0.05, 0) is 18.2 Å². The smallest absolute Gasteiger partial charge is 0.261 e. The summed E-state index contributed by atoms with van der Waals surface area (Å²) in [4.78, 5) is 2.89. The van der Waals surface area contributed by atoms with E-state index in [-0.39, 0.29) is 18.0 Å². The monoisotopic (exact) mass is 319 g/mol. The number of aromatic nitrogens is 1. The number of nitrogen functional groups attached to an aromatic ring is 1. The molecular weight excluding hydrogens is 304 g/mol. The Hall–Kier alpha value is -1.71. The number of fused-ring (bicyclic) bond motifs is 1. The second-order valence-corrected chi connectivity index (χ2v) is 6.06. The molecule has 0 unspecified atom stereocenters. The minimum absolute atomic E-state index is 0.0543. The van der Waals surface area contributed by atoms with Crippen LogP contribution in [0.15, 0.2) is 29.3 Å². The zero-order valence-electron chi connectivity index (χ0n) is 11.0. The first-order chi connectivity index (χ1) is 9.90. The van der Waals surface area contributed by atoms with Gasteiger partial charge in [0, 0.05) is 29.3 Å². The zero-order valence-corrected chi connectivity index (χ0v) is 11.8. The van der Waals surface area contributed by atoms with E-state index in [9.17, 15) is 17.2 Å². The normalized spacial score (nSPS) is 12.3. The van der Waals surface area contributed by atoms with Crippen LogP contribution < -0.4 is 10.5 Å². The molecule has 1 heterocycles. The molecule has 0 aliphatic carbocycles. The third-order valence-corrected chi connectivity index (χ3v) is 4.24. The number of aromatic amines is 1. The van der Waals surface area contributed by atoms with Crippen LogP contribution >= 0.6 is 0 Å². The number of nitrogens with two attached hydrogens (primary N) is 1. The quantitative estimate of drug-likeness (QED) is 0.529. The highest BCUT2D eigenvalue weighted by atomic mass is 32.2. The topological polar surface area (TPSA) is 97.2 Å². The van der Waals surface area contributed by atoms with Crippen molar-refractivity contribution in [3.63, 3.8) is 0 Å². The fourth-order valence-electron chi connectivity index (χ4n) is 1.83. The standard InChI is InChI=1S/C12H15F2N3O3S/c13-12(14)7-20-4-3-17-21(18,19)11-6-16-10-2-1-8(15)5-9(10)11/h1-2,5-6,12,16-17H,3-4,7,15H2. The molecule has 0 aliphatic heterocycles. The summed E-state index contributed by atoms with van der Waals surface area (Å²) in [5.74, 6) is 0. The first kappa shape index (κ1) is 15.7. The molecule has 21 heavy (non-hydrogen) atoms. The summed E-state index contributed by atoms with van der Waals surface area (Å²) < 4.78 is 54.9. The summed E-state index contributed by atoms with van der Waals surface area (Å²) in [6.45, 7) is -0.941. The summed E-state index contributed by atoms with van der Waals surface area (Å²) in [6, 6.07) is 4.88. The molecule has 0 saturated heterocycles. The molecule has 9 heteroatoms. The van der Waals surface area contributed by atoms with Crippen LogP contribution in [0.1, 0.15) is 0 Å². The fourth-order valence-corrected chi connectivity index (χ4v) is 3.01. The number of anilines is 1. The molecule has 0 aliphatic rings. The average molecular weight is 319 g/mol. The molecule has 0 saturated carbocycles. The number of H-pyrrole nitrogens is 1. The third-order valence-electron chi connectivity index (χ3n) is 2.74. The van der Waals surface area contributed by atoms with Gasteiger partial charge in [-0.25, -0.2) is 21.9 Å². The maximum absolute atomic E-state index is 12.1. The van der Waals surface area contributed by atoms with Gasteiger partial charge < -0.3 is 15.5 Å². The van der Waals surface area contributed by atoms with Gasteiger partial charge in [-0.15, -0.1) is 0 Å². The van der Waals surface area contributed by atoms with E-state index in [4.69, 9.17) is 5.73 Å². The fraction of sp³-hybridized carbons (Fsp3) is 0.333. The third kappa shape index (κ3) is 3.90. The van der Waals surface area contributed by atoms with Crippen LogP contribution in [-0.2, 0) is 14.8 Å². The Balaban J connectivity index is 2.06. The van der Waals surface area contributed by atoms with Crippen molar-refractivity contribution in [2.45, 2.75) is 11.3 Å². The molecule has 0 fully saturated rings. The van der Waals surface area contributed by atoms with Gasteiger partial charge in [-0.1, -0.05) is 0 Å². The van der Waals surface area contributed by atoms with Crippen LogP contribution in [0.25, 0.3) is 10.9 Å². The molecule has 0 radical (unpaired) electrons. The highest BCUT2D eigenvalue weighted by Crippen LogP contribution is 2.24. The highest BCUT2D eigenvalue weighted by Gasteiger charge is 2.18. The Labute approximate surface area is 120 Å². The van der Waals surface area contributed by atoms with Crippen LogP contribution in [0.3, 0.4) is 0 Å². The van der Waals surface area contributed by atoms with E-state index in [1.165, 1.54) is 6.20 Å². The largest absolute Gasteiger partial charge is 0.399 e. The Kier molecular flexibility index (Phi) is 4.76. The van der Waals surface area contributed by atoms with Gasteiger partial charge in [0.15, 0.2) is 0 Å². The average Bonchev–Trinajstić information content (AvgIpc) is 2.81. The Bertz CT molecular complexity index is 716. The number of sulfonamides is 1. The summed E-state index contributed by atoms with van der Waals surface area (Å²) in [7, 11) is -3.77. The van der Waals surface area contributed by atoms with Gasteiger partial charge >= 0.3 is 0 Å². The number of hydrogen-bond acceptors (Lipinski definition) is 4. The van der Waals surface area contributed by atoms with Crippen molar-refractivity contribution in [2.24, 2.45) is 0 Å². The molecule has 2 aromatic rings. The number of halogens is 2. The maximum atomic E-state index is 12.1. The second kappa shape index (κ2) is 6.37. The van der Waals surface area contributed by atoms with Crippen LogP contribution in [0.2, 0.25) is 0 Å². The molecule has 2 rings (SSSR count). The van der Waals surface area contributed by atoms with E-state index in [1.54, 1.807) is 18.2 Å². The van der Waals surface area contributed by atoms with Gasteiger partial charge in [-0.2, -0.15) is 0 Å². The molecule has 1 aromatic carbocycles. The van der Waals surface area contributed by atoms with E-state index in [2.05, 4.69) is 14.4 Å². The molecule has 1 aromatic heterocycles. The van der Waals surface area contributed by atoms with E-state index in [0.29, 0.717) is 16.6 Å². The van der Waals surface area contributed by atoms with Crippen molar-refractivity contribution in [1.29, 1.82) is 0 Å². The molecule has 0 bridgehead atoms. The first-order valence-corrected chi connectivity index (χ1v) is 7.60. The number of nitrogens with one attached hydrogen (secondary N) is 2. The molecule has 4 N–H and O–H groups in total. The van der Waals surface area contributed by atoms with Crippen molar-refractivity contribution in [1.82, 2.24) is 9.71 Å². The first-order valence-electron chi connectivity index (χ1n) is 6.12. The Morgan fingerprint density at radius 3 is 2.86 bits per heavy atom. The van der Waals surface area contributed by atoms with Gasteiger partial charge in [0.05, 0.1) is 6.61 Å².